The Morgan fingerprint density at radius 2 is 2.00 bits per heavy atom. The minimum absolute atomic E-state index is 0.161. The smallest absolute Gasteiger partial charge is 0.260 e. The van der Waals surface area contributed by atoms with Crippen LogP contribution in [-0.2, 0) is 6.54 Å². The lowest BCUT2D eigenvalue weighted by Gasteiger charge is -2.19. The highest BCUT2D eigenvalue weighted by Gasteiger charge is 2.24. The van der Waals surface area contributed by atoms with Crippen molar-refractivity contribution in [1.82, 2.24) is 4.98 Å². The fourth-order valence-corrected chi connectivity index (χ4v) is 5.20. The Bertz CT molecular complexity index is 1190. The van der Waals surface area contributed by atoms with Crippen LogP contribution in [-0.4, -0.2) is 23.3 Å². The van der Waals surface area contributed by atoms with E-state index >= 15 is 0 Å². The molecule has 0 unspecified atom stereocenters. The van der Waals surface area contributed by atoms with Gasteiger partial charge in [-0.15, -0.1) is 11.8 Å². The number of carbonyl (C=O) groups excluding carboxylic acids is 1. The molecule has 0 aliphatic carbocycles. The zero-order valence-electron chi connectivity index (χ0n) is 17.3. The van der Waals surface area contributed by atoms with Crippen LogP contribution in [0.4, 0.5) is 5.13 Å². The second-order valence-electron chi connectivity index (χ2n) is 7.09. The van der Waals surface area contributed by atoms with Crippen LogP contribution < -0.4 is 9.64 Å². The van der Waals surface area contributed by atoms with Crippen molar-refractivity contribution in [1.29, 1.82) is 0 Å². The number of anilines is 1. The van der Waals surface area contributed by atoms with Crippen molar-refractivity contribution in [2.75, 3.05) is 12.0 Å². The summed E-state index contributed by atoms with van der Waals surface area (Å²) >= 11 is 9.50. The van der Waals surface area contributed by atoms with Crippen LogP contribution in [0.2, 0.25) is 5.02 Å². The number of hydrogen-bond donors (Lipinski definition) is 0. The van der Waals surface area contributed by atoms with Gasteiger partial charge in [-0.2, -0.15) is 0 Å². The molecular weight excluding hydrogens is 452 g/mol. The number of fused-ring (bicyclic) bond motifs is 1. The Hall–Kier alpha value is -2.48. The van der Waals surface area contributed by atoms with E-state index in [0.717, 1.165) is 9.60 Å². The summed E-state index contributed by atoms with van der Waals surface area (Å²) in [5, 5.41) is 1.57. The maximum atomic E-state index is 13.5. The van der Waals surface area contributed by atoms with Crippen molar-refractivity contribution in [3.8, 4) is 5.75 Å². The molecule has 4 rings (SSSR count). The van der Waals surface area contributed by atoms with Crippen LogP contribution >= 0.6 is 34.7 Å². The minimum atomic E-state index is -0.161. The van der Waals surface area contributed by atoms with Gasteiger partial charge < -0.3 is 9.15 Å². The molecule has 2 aromatic carbocycles. The van der Waals surface area contributed by atoms with E-state index < -0.39 is 0 Å². The summed E-state index contributed by atoms with van der Waals surface area (Å²) in [5.41, 5.74) is 1.22. The predicted molar refractivity (Wildman–Crippen MR) is 128 cm³/mol. The van der Waals surface area contributed by atoms with Crippen molar-refractivity contribution in [3.63, 3.8) is 0 Å². The number of methoxy groups -OCH3 is 1. The Morgan fingerprint density at radius 1 is 1.23 bits per heavy atom. The molecule has 0 radical (unpaired) electrons. The lowest BCUT2D eigenvalue weighted by molar-refractivity contribution is 0.0983. The Kier molecular flexibility index (Phi) is 6.55. The standard InChI is InChI=1S/C23H21ClN2O3S2/c1-14(2)30-17-8-6-15(7-9-17)22(27)26(13-16-5-4-12-29-16)23-25-20-19(28-3)11-10-18(24)21(20)31-23/h4-12,14H,13H2,1-3H3. The quantitative estimate of drug-likeness (QED) is 0.274. The number of ether oxygens (including phenoxy) is 1. The van der Waals surface area contributed by atoms with Crippen LogP contribution in [0.15, 0.2) is 64.1 Å². The lowest BCUT2D eigenvalue weighted by atomic mass is 10.2. The van der Waals surface area contributed by atoms with Crippen LogP contribution in [0.1, 0.15) is 30.0 Å². The molecule has 4 aromatic rings. The molecule has 1 amide bonds. The fourth-order valence-electron chi connectivity index (χ4n) is 3.11. The second-order valence-corrected chi connectivity index (χ2v) is 10.1. The number of furan rings is 1. The van der Waals surface area contributed by atoms with E-state index in [2.05, 4.69) is 13.8 Å². The first kappa shape index (κ1) is 21.7. The van der Waals surface area contributed by atoms with E-state index in [-0.39, 0.29) is 12.5 Å². The highest BCUT2D eigenvalue weighted by atomic mass is 35.5. The van der Waals surface area contributed by atoms with Crippen molar-refractivity contribution < 1.29 is 13.9 Å². The van der Waals surface area contributed by atoms with Crippen LogP contribution in [0.25, 0.3) is 10.2 Å². The van der Waals surface area contributed by atoms with Gasteiger partial charge in [0.15, 0.2) is 5.13 Å². The van der Waals surface area contributed by atoms with Gasteiger partial charge in [0.1, 0.15) is 17.0 Å². The molecular formula is C23H21ClN2O3S2. The molecule has 0 saturated carbocycles. The molecule has 2 heterocycles. The number of nitrogens with zero attached hydrogens (tertiary/aromatic N) is 2. The summed E-state index contributed by atoms with van der Waals surface area (Å²) in [6, 6.07) is 14.8. The normalized spacial score (nSPS) is 11.3. The second kappa shape index (κ2) is 9.34. The van der Waals surface area contributed by atoms with Crippen molar-refractivity contribution in [3.05, 3.63) is 71.1 Å². The third-order valence-electron chi connectivity index (χ3n) is 4.51. The molecule has 0 aliphatic heterocycles. The number of carbonyl (C=O) groups is 1. The van der Waals surface area contributed by atoms with Crippen LogP contribution in [0.3, 0.4) is 0 Å². The zero-order valence-corrected chi connectivity index (χ0v) is 19.7. The average molecular weight is 473 g/mol. The van der Waals surface area contributed by atoms with Crippen molar-refractivity contribution in [2.24, 2.45) is 0 Å². The minimum Gasteiger partial charge on any atom is -0.494 e. The number of benzene rings is 2. The molecule has 0 N–H and O–H groups in total. The monoisotopic (exact) mass is 472 g/mol. The van der Waals surface area contributed by atoms with E-state index in [0.29, 0.717) is 38.0 Å². The SMILES string of the molecule is COc1ccc(Cl)c2sc(N(Cc3ccco3)C(=O)c3ccc(SC(C)C)cc3)nc12. The van der Waals surface area contributed by atoms with Gasteiger partial charge in [-0.05, 0) is 48.5 Å². The van der Waals surface area contributed by atoms with E-state index in [9.17, 15) is 4.79 Å². The first-order valence-corrected chi connectivity index (χ1v) is 11.8. The number of hydrogen-bond acceptors (Lipinski definition) is 6. The molecule has 0 fully saturated rings. The highest BCUT2D eigenvalue weighted by Crippen LogP contribution is 2.39. The molecule has 0 saturated heterocycles. The largest absolute Gasteiger partial charge is 0.494 e. The molecule has 0 spiro atoms. The predicted octanol–water partition coefficient (Wildman–Crippen LogP) is 6.90. The highest BCUT2D eigenvalue weighted by molar-refractivity contribution is 7.99. The van der Waals surface area contributed by atoms with Crippen molar-refractivity contribution >= 4 is 56.0 Å². The summed E-state index contributed by atoms with van der Waals surface area (Å²) in [6.45, 7) is 4.54. The summed E-state index contributed by atoms with van der Waals surface area (Å²) in [6.07, 6.45) is 1.59. The van der Waals surface area contributed by atoms with Gasteiger partial charge in [-0.1, -0.05) is 36.8 Å². The van der Waals surface area contributed by atoms with Gasteiger partial charge in [0.05, 0.1) is 29.6 Å². The Balaban J connectivity index is 1.73. The van der Waals surface area contributed by atoms with Gasteiger partial charge in [0.25, 0.3) is 5.91 Å². The lowest BCUT2D eigenvalue weighted by Crippen LogP contribution is -2.30. The summed E-state index contributed by atoms with van der Waals surface area (Å²) in [4.78, 5) is 20.9. The molecule has 2 aromatic heterocycles. The first-order valence-electron chi connectivity index (χ1n) is 9.70. The number of rotatable bonds is 7. The summed E-state index contributed by atoms with van der Waals surface area (Å²) in [7, 11) is 1.59. The van der Waals surface area contributed by atoms with Crippen LogP contribution in [0.5, 0.6) is 5.75 Å². The third-order valence-corrected chi connectivity index (χ3v) is 7.06. The molecule has 0 aliphatic rings. The van der Waals surface area contributed by atoms with E-state index in [4.69, 9.17) is 25.7 Å². The number of aromatic nitrogens is 1. The molecule has 0 atom stereocenters. The summed E-state index contributed by atoms with van der Waals surface area (Å²) < 4.78 is 11.7. The van der Waals surface area contributed by atoms with E-state index in [1.807, 2.05) is 30.3 Å². The number of amides is 1. The van der Waals surface area contributed by atoms with E-state index in [1.165, 1.54) is 11.3 Å². The Labute approximate surface area is 194 Å². The average Bonchev–Trinajstić information content (AvgIpc) is 3.42. The summed E-state index contributed by atoms with van der Waals surface area (Å²) in [5.74, 6) is 1.12. The molecule has 5 nitrogen and oxygen atoms in total. The molecule has 31 heavy (non-hydrogen) atoms. The van der Waals surface area contributed by atoms with Crippen molar-refractivity contribution in [2.45, 2.75) is 30.5 Å². The van der Waals surface area contributed by atoms with Gasteiger partial charge in [-0.25, -0.2) is 4.98 Å². The molecule has 0 bridgehead atoms. The van der Waals surface area contributed by atoms with Crippen LogP contribution in [0, 0.1) is 0 Å². The maximum absolute atomic E-state index is 13.5. The molecule has 160 valence electrons. The first-order chi connectivity index (χ1) is 15.0. The molecule has 8 heteroatoms. The number of thiazole rings is 1. The number of halogens is 1. The van der Waals surface area contributed by atoms with E-state index in [1.54, 1.807) is 48.2 Å². The van der Waals surface area contributed by atoms with Gasteiger partial charge >= 0.3 is 0 Å². The third kappa shape index (κ3) is 4.74. The number of thioether (sulfide) groups is 1. The topological polar surface area (TPSA) is 55.6 Å². The van der Waals surface area contributed by atoms with Gasteiger partial charge in [-0.3, -0.25) is 9.69 Å². The zero-order chi connectivity index (χ0) is 22.0. The van der Waals surface area contributed by atoms with Gasteiger partial charge in [0, 0.05) is 15.7 Å². The maximum Gasteiger partial charge on any atom is 0.260 e. The Morgan fingerprint density at radius 3 is 2.65 bits per heavy atom. The fraction of sp³-hybridized carbons (Fsp3) is 0.217. The van der Waals surface area contributed by atoms with Gasteiger partial charge in [0.2, 0.25) is 0 Å².